The zero-order valence-corrected chi connectivity index (χ0v) is 8.66. The number of nitrogens with zero attached hydrogens (tertiary/aromatic N) is 2. The molecule has 5 heteroatoms. The zero-order valence-electron chi connectivity index (χ0n) is 7.08. The molecule has 0 fully saturated rings. The first-order chi connectivity index (χ1) is 6.77. The van der Waals surface area contributed by atoms with Crippen LogP contribution in [0.3, 0.4) is 0 Å². The molecule has 0 bridgehead atoms. The summed E-state index contributed by atoms with van der Waals surface area (Å²) in [4.78, 5) is 0. The van der Waals surface area contributed by atoms with Crippen LogP contribution < -0.4 is 0 Å². The lowest BCUT2D eigenvalue weighted by atomic mass is 10.1. The van der Waals surface area contributed by atoms with Crippen molar-refractivity contribution < 1.29 is 8.81 Å². The largest absolute Gasteiger partial charge is 0.428 e. The van der Waals surface area contributed by atoms with E-state index in [1.54, 1.807) is 18.2 Å². The Morgan fingerprint density at radius 3 is 3.00 bits per heavy atom. The predicted octanol–water partition coefficient (Wildman–Crippen LogP) is 2.56. The van der Waals surface area contributed by atoms with Gasteiger partial charge in [-0.1, -0.05) is 12.1 Å². The first kappa shape index (κ1) is 9.33. The molecule has 0 spiro atoms. The maximum atomic E-state index is 13.5. The molecule has 0 radical (unpaired) electrons. The van der Waals surface area contributed by atoms with Crippen molar-refractivity contribution in [1.29, 1.82) is 0 Å². The highest BCUT2D eigenvalue weighted by atomic mass is 79.9. The molecular formula is C9H6BrFN2O. The van der Waals surface area contributed by atoms with Gasteiger partial charge in [0.15, 0.2) is 0 Å². The molecular weight excluding hydrogens is 251 g/mol. The molecule has 0 N–H and O–H groups in total. The molecule has 72 valence electrons. The fourth-order valence-electron chi connectivity index (χ4n) is 1.12. The summed E-state index contributed by atoms with van der Waals surface area (Å²) < 4.78 is 18.8. The SMILES string of the molecule is Fc1c(Br)cccc1Cc1nnco1. The van der Waals surface area contributed by atoms with E-state index in [0.717, 1.165) is 0 Å². The van der Waals surface area contributed by atoms with Crippen LogP contribution in [0.2, 0.25) is 0 Å². The Bertz CT molecular complexity index is 430. The topological polar surface area (TPSA) is 38.9 Å². The summed E-state index contributed by atoms with van der Waals surface area (Å²) >= 11 is 3.11. The minimum Gasteiger partial charge on any atom is -0.428 e. The molecule has 2 aromatic rings. The molecule has 0 unspecified atom stereocenters. The standard InChI is InChI=1S/C9H6BrFN2O/c10-7-3-1-2-6(9(7)11)4-8-13-12-5-14-8/h1-3,5H,4H2. The van der Waals surface area contributed by atoms with Crippen LogP contribution in [0.1, 0.15) is 11.5 Å². The highest BCUT2D eigenvalue weighted by Gasteiger charge is 2.08. The van der Waals surface area contributed by atoms with Crippen LogP contribution in [0.4, 0.5) is 4.39 Å². The maximum Gasteiger partial charge on any atom is 0.220 e. The Morgan fingerprint density at radius 2 is 2.29 bits per heavy atom. The van der Waals surface area contributed by atoms with Gasteiger partial charge in [0.05, 0.1) is 10.9 Å². The van der Waals surface area contributed by atoms with E-state index < -0.39 is 0 Å². The molecule has 0 saturated heterocycles. The molecule has 0 amide bonds. The van der Waals surface area contributed by atoms with Gasteiger partial charge in [0.25, 0.3) is 0 Å². The van der Waals surface area contributed by atoms with Gasteiger partial charge in [-0.25, -0.2) is 4.39 Å². The van der Waals surface area contributed by atoms with Crippen LogP contribution in [-0.2, 0) is 6.42 Å². The lowest BCUT2D eigenvalue weighted by molar-refractivity contribution is 0.499. The fourth-order valence-corrected chi connectivity index (χ4v) is 1.53. The third kappa shape index (κ3) is 1.82. The molecule has 1 aromatic carbocycles. The van der Waals surface area contributed by atoms with Crippen LogP contribution in [-0.4, -0.2) is 10.2 Å². The van der Waals surface area contributed by atoms with Crippen molar-refractivity contribution in [3.05, 3.63) is 46.3 Å². The molecule has 2 rings (SSSR count). The average molecular weight is 257 g/mol. The molecule has 0 aliphatic carbocycles. The highest BCUT2D eigenvalue weighted by molar-refractivity contribution is 9.10. The van der Waals surface area contributed by atoms with E-state index in [9.17, 15) is 4.39 Å². The van der Waals surface area contributed by atoms with Crippen molar-refractivity contribution in [3.8, 4) is 0 Å². The van der Waals surface area contributed by atoms with Gasteiger partial charge >= 0.3 is 0 Å². The van der Waals surface area contributed by atoms with Crippen LogP contribution in [0, 0.1) is 5.82 Å². The molecule has 0 aliphatic heterocycles. The van der Waals surface area contributed by atoms with Crippen LogP contribution in [0.5, 0.6) is 0 Å². The smallest absolute Gasteiger partial charge is 0.220 e. The fraction of sp³-hybridized carbons (Fsp3) is 0.111. The van der Waals surface area contributed by atoms with Crippen LogP contribution in [0.15, 0.2) is 33.5 Å². The van der Waals surface area contributed by atoms with Gasteiger partial charge in [-0.3, -0.25) is 0 Å². The van der Waals surface area contributed by atoms with Crippen molar-refractivity contribution in [1.82, 2.24) is 10.2 Å². The average Bonchev–Trinajstić information content (AvgIpc) is 2.66. The quantitative estimate of drug-likeness (QED) is 0.829. The van der Waals surface area contributed by atoms with E-state index in [1.165, 1.54) is 6.39 Å². The Kier molecular flexibility index (Phi) is 2.58. The summed E-state index contributed by atoms with van der Waals surface area (Å²) in [6, 6.07) is 5.09. The monoisotopic (exact) mass is 256 g/mol. The minimum absolute atomic E-state index is 0.286. The van der Waals surface area contributed by atoms with Crippen molar-refractivity contribution in [2.45, 2.75) is 6.42 Å². The number of aromatic nitrogens is 2. The summed E-state index contributed by atoms with van der Waals surface area (Å²) in [5.41, 5.74) is 0.531. The van der Waals surface area contributed by atoms with Gasteiger partial charge in [0.1, 0.15) is 5.82 Å². The van der Waals surface area contributed by atoms with Gasteiger partial charge in [-0.05, 0) is 27.6 Å². The second-order valence-corrected chi connectivity index (χ2v) is 3.58. The predicted molar refractivity (Wildman–Crippen MR) is 51.2 cm³/mol. The number of benzene rings is 1. The zero-order chi connectivity index (χ0) is 9.97. The van der Waals surface area contributed by atoms with Gasteiger partial charge in [0.2, 0.25) is 12.3 Å². The lowest BCUT2D eigenvalue weighted by Gasteiger charge is -2.00. The molecule has 1 aromatic heterocycles. The highest BCUT2D eigenvalue weighted by Crippen LogP contribution is 2.20. The first-order valence-electron chi connectivity index (χ1n) is 3.95. The Balaban J connectivity index is 2.29. The van der Waals surface area contributed by atoms with E-state index in [2.05, 4.69) is 26.1 Å². The number of hydrogen-bond donors (Lipinski definition) is 0. The summed E-state index contributed by atoms with van der Waals surface area (Å²) in [5, 5.41) is 7.20. The van der Waals surface area contributed by atoms with Crippen molar-refractivity contribution in [2.75, 3.05) is 0 Å². The number of hydrogen-bond acceptors (Lipinski definition) is 3. The van der Waals surface area contributed by atoms with Gasteiger partial charge in [0, 0.05) is 0 Å². The van der Waals surface area contributed by atoms with E-state index in [-0.39, 0.29) is 5.82 Å². The third-order valence-corrected chi connectivity index (χ3v) is 2.39. The van der Waals surface area contributed by atoms with E-state index in [0.29, 0.717) is 22.3 Å². The van der Waals surface area contributed by atoms with Gasteiger partial charge in [-0.2, -0.15) is 0 Å². The molecule has 14 heavy (non-hydrogen) atoms. The van der Waals surface area contributed by atoms with Crippen molar-refractivity contribution >= 4 is 15.9 Å². The lowest BCUT2D eigenvalue weighted by Crippen LogP contribution is -1.93. The Morgan fingerprint density at radius 1 is 1.43 bits per heavy atom. The van der Waals surface area contributed by atoms with Gasteiger partial charge < -0.3 is 4.42 Å². The third-order valence-electron chi connectivity index (χ3n) is 1.78. The van der Waals surface area contributed by atoms with Crippen molar-refractivity contribution in [3.63, 3.8) is 0 Å². The number of halogens is 2. The van der Waals surface area contributed by atoms with Crippen molar-refractivity contribution in [2.24, 2.45) is 0 Å². The first-order valence-corrected chi connectivity index (χ1v) is 4.74. The normalized spacial score (nSPS) is 10.4. The minimum atomic E-state index is -0.286. The summed E-state index contributed by atoms with van der Waals surface area (Å²) in [6.45, 7) is 0. The molecule has 3 nitrogen and oxygen atoms in total. The molecule has 0 aliphatic rings. The molecule has 1 heterocycles. The summed E-state index contributed by atoms with van der Waals surface area (Å²) in [7, 11) is 0. The molecule has 0 saturated carbocycles. The van der Waals surface area contributed by atoms with Crippen LogP contribution in [0.25, 0.3) is 0 Å². The Labute approximate surface area is 88.1 Å². The summed E-state index contributed by atoms with van der Waals surface area (Å²) in [6.07, 6.45) is 1.54. The van der Waals surface area contributed by atoms with E-state index >= 15 is 0 Å². The Hall–Kier alpha value is -1.23. The second-order valence-electron chi connectivity index (χ2n) is 2.72. The van der Waals surface area contributed by atoms with Gasteiger partial charge in [-0.15, -0.1) is 10.2 Å². The van der Waals surface area contributed by atoms with Crippen LogP contribution >= 0.6 is 15.9 Å². The summed E-state index contributed by atoms with van der Waals surface area (Å²) in [5.74, 6) is 0.118. The second kappa shape index (κ2) is 3.88. The number of rotatable bonds is 2. The van der Waals surface area contributed by atoms with E-state index in [1.807, 2.05) is 0 Å². The maximum absolute atomic E-state index is 13.5. The molecule has 0 atom stereocenters. The van der Waals surface area contributed by atoms with E-state index in [4.69, 9.17) is 4.42 Å².